The van der Waals surface area contributed by atoms with Crippen molar-refractivity contribution in [1.29, 1.82) is 0 Å². The number of unbranched alkanes of at least 4 members (excludes halogenated alkanes) is 2. The molecule has 0 aliphatic carbocycles. The summed E-state index contributed by atoms with van der Waals surface area (Å²) in [5.41, 5.74) is 1.06. The number of hydrogen-bond donors (Lipinski definition) is 1. The maximum Gasteiger partial charge on any atom is 0.274 e. The van der Waals surface area contributed by atoms with Crippen LogP contribution in [0, 0.1) is 6.92 Å². The van der Waals surface area contributed by atoms with Gasteiger partial charge in [0.2, 0.25) is 5.91 Å². The van der Waals surface area contributed by atoms with E-state index in [1.165, 1.54) is 6.20 Å². The minimum atomic E-state index is -0.206. The molecule has 0 fully saturated rings. The second kappa shape index (κ2) is 12.4. The molecular weight excluding hydrogens is 320 g/mol. The van der Waals surface area contributed by atoms with Crippen molar-refractivity contribution in [1.82, 2.24) is 20.2 Å². The predicted molar refractivity (Wildman–Crippen MR) is 96.3 cm³/mol. The Morgan fingerprint density at radius 1 is 1.16 bits per heavy atom. The topological polar surface area (TPSA) is 84.4 Å². The van der Waals surface area contributed by atoms with Gasteiger partial charge < -0.3 is 15.0 Å². The number of nitrogens with zero attached hydrogens (tertiary/aromatic N) is 3. The molecule has 2 amide bonds. The van der Waals surface area contributed by atoms with Crippen LogP contribution in [0.5, 0.6) is 0 Å². The van der Waals surface area contributed by atoms with Crippen LogP contribution >= 0.6 is 0 Å². The van der Waals surface area contributed by atoms with Crippen molar-refractivity contribution in [2.45, 2.75) is 46.0 Å². The molecule has 0 aromatic carbocycles. The van der Waals surface area contributed by atoms with Gasteiger partial charge >= 0.3 is 0 Å². The monoisotopic (exact) mass is 350 g/mol. The first-order valence-electron chi connectivity index (χ1n) is 8.92. The maximum absolute atomic E-state index is 12.6. The van der Waals surface area contributed by atoms with Crippen LogP contribution in [0.4, 0.5) is 0 Å². The Hall–Kier alpha value is -2.02. The quantitative estimate of drug-likeness (QED) is 0.583. The fraction of sp³-hybridized carbons (Fsp3) is 0.667. The molecule has 7 nitrogen and oxygen atoms in total. The third kappa shape index (κ3) is 8.58. The standard InChI is InChI=1S/C18H30N4O3/c1-4-5-6-9-19-17(23)8-11-22(10-7-12-25-3)18(24)16-14-20-15(2)13-21-16/h13-14H,4-12H2,1-3H3,(H,19,23). The van der Waals surface area contributed by atoms with E-state index in [0.717, 1.165) is 25.0 Å². The van der Waals surface area contributed by atoms with Gasteiger partial charge in [-0.2, -0.15) is 0 Å². The van der Waals surface area contributed by atoms with E-state index in [1.807, 2.05) is 6.92 Å². The largest absolute Gasteiger partial charge is 0.385 e. The molecule has 0 radical (unpaired) electrons. The smallest absolute Gasteiger partial charge is 0.274 e. The number of hydrogen-bond acceptors (Lipinski definition) is 5. The zero-order valence-electron chi connectivity index (χ0n) is 15.6. The van der Waals surface area contributed by atoms with Gasteiger partial charge in [-0.05, 0) is 19.8 Å². The second-order valence-corrected chi connectivity index (χ2v) is 5.99. The minimum absolute atomic E-state index is 0.0318. The maximum atomic E-state index is 12.6. The first kappa shape index (κ1) is 21.0. The fourth-order valence-electron chi connectivity index (χ4n) is 2.31. The van der Waals surface area contributed by atoms with Crippen molar-refractivity contribution >= 4 is 11.8 Å². The van der Waals surface area contributed by atoms with Crippen LogP contribution in [0.2, 0.25) is 0 Å². The van der Waals surface area contributed by atoms with Gasteiger partial charge in [-0.3, -0.25) is 14.6 Å². The van der Waals surface area contributed by atoms with E-state index in [1.54, 1.807) is 18.2 Å². The molecule has 25 heavy (non-hydrogen) atoms. The van der Waals surface area contributed by atoms with Crippen molar-refractivity contribution in [3.63, 3.8) is 0 Å². The molecule has 1 N–H and O–H groups in total. The molecular formula is C18H30N4O3. The third-order valence-corrected chi connectivity index (χ3v) is 3.78. The summed E-state index contributed by atoms with van der Waals surface area (Å²) in [4.78, 5) is 34.5. The lowest BCUT2D eigenvalue weighted by Crippen LogP contribution is -2.37. The average molecular weight is 350 g/mol. The Kier molecular flexibility index (Phi) is 10.4. The third-order valence-electron chi connectivity index (χ3n) is 3.78. The molecule has 0 bridgehead atoms. The number of carbonyl (C=O) groups is 2. The van der Waals surface area contributed by atoms with E-state index in [2.05, 4.69) is 22.2 Å². The number of aromatic nitrogens is 2. The number of rotatable bonds is 12. The molecule has 140 valence electrons. The van der Waals surface area contributed by atoms with Gasteiger partial charge in [0.05, 0.1) is 11.9 Å². The summed E-state index contributed by atoms with van der Waals surface area (Å²) in [7, 11) is 1.63. The summed E-state index contributed by atoms with van der Waals surface area (Å²) < 4.78 is 5.05. The highest BCUT2D eigenvalue weighted by Gasteiger charge is 2.18. The first-order valence-corrected chi connectivity index (χ1v) is 8.92. The van der Waals surface area contributed by atoms with E-state index in [-0.39, 0.29) is 18.2 Å². The molecule has 0 aliphatic heterocycles. The zero-order chi connectivity index (χ0) is 18.5. The molecule has 0 saturated heterocycles. The number of ether oxygens (including phenoxy) is 1. The van der Waals surface area contributed by atoms with E-state index in [0.29, 0.717) is 38.4 Å². The van der Waals surface area contributed by atoms with Crippen LogP contribution in [0.15, 0.2) is 12.4 Å². The van der Waals surface area contributed by atoms with Gasteiger partial charge in [0, 0.05) is 46.0 Å². The van der Waals surface area contributed by atoms with Crippen LogP contribution in [0.25, 0.3) is 0 Å². The van der Waals surface area contributed by atoms with Gasteiger partial charge in [0.25, 0.3) is 5.91 Å². The van der Waals surface area contributed by atoms with E-state index < -0.39 is 0 Å². The summed E-state index contributed by atoms with van der Waals surface area (Å²) >= 11 is 0. The number of amides is 2. The Morgan fingerprint density at radius 2 is 1.96 bits per heavy atom. The lowest BCUT2D eigenvalue weighted by atomic mass is 10.2. The van der Waals surface area contributed by atoms with Gasteiger partial charge in [0.15, 0.2) is 0 Å². The van der Waals surface area contributed by atoms with Gasteiger partial charge in [-0.1, -0.05) is 19.8 Å². The molecule has 0 atom stereocenters. The highest BCUT2D eigenvalue weighted by Crippen LogP contribution is 2.04. The van der Waals surface area contributed by atoms with Crippen molar-refractivity contribution in [3.05, 3.63) is 23.8 Å². The van der Waals surface area contributed by atoms with Crippen LogP contribution < -0.4 is 5.32 Å². The van der Waals surface area contributed by atoms with E-state index in [9.17, 15) is 9.59 Å². The van der Waals surface area contributed by atoms with Crippen molar-refractivity contribution < 1.29 is 14.3 Å². The number of nitrogens with one attached hydrogen (secondary N) is 1. The average Bonchev–Trinajstić information content (AvgIpc) is 2.62. The van der Waals surface area contributed by atoms with Crippen LogP contribution in [-0.4, -0.2) is 60.0 Å². The van der Waals surface area contributed by atoms with Crippen LogP contribution in [-0.2, 0) is 9.53 Å². The summed E-state index contributed by atoms with van der Waals surface area (Å²) in [5.74, 6) is -0.238. The molecule has 0 unspecified atom stereocenters. The normalized spacial score (nSPS) is 10.5. The number of aryl methyl sites for hydroxylation is 1. The van der Waals surface area contributed by atoms with E-state index in [4.69, 9.17) is 4.74 Å². The Morgan fingerprint density at radius 3 is 2.60 bits per heavy atom. The molecule has 0 spiro atoms. The van der Waals surface area contributed by atoms with E-state index >= 15 is 0 Å². The highest BCUT2D eigenvalue weighted by atomic mass is 16.5. The Labute approximate surface area is 150 Å². The predicted octanol–water partition coefficient (Wildman–Crippen LogP) is 1.96. The molecule has 1 rings (SSSR count). The fourth-order valence-corrected chi connectivity index (χ4v) is 2.31. The Balaban J connectivity index is 2.55. The molecule has 0 saturated carbocycles. The summed E-state index contributed by atoms with van der Waals surface area (Å²) in [6.45, 7) is 6.07. The van der Waals surface area contributed by atoms with Crippen LogP contribution in [0.1, 0.15) is 55.2 Å². The van der Waals surface area contributed by atoms with Gasteiger partial charge in [-0.15, -0.1) is 0 Å². The molecule has 0 aliphatic rings. The Bertz CT molecular complexity index is 520. The number of carbonyl (C=O) groups excluding carboxylic acids is 2. The summed E-state index contributed by atoms with van der Waals surface area (Å²) in [6.07, 6.45) is 7.25. The molecule has 7 heteroatoms. The molecule has 1 heterocycles. The van der Waals surface area contributed by atoms with Crippen molar-refractivity contribution in [2.24, 2.45) is 0 Å². The minimum Gasteiger partial charge on any atom is -0.385 e. The second-order valence-electron chi connectivity index (χ2n) is 5.99. The molecule has 1 aromatic rings. The lowest BCUT2D eigenvalue weighted by Gasteiger charge is -2.22. The highest BCUT2D eigenvalue weighted by molar-refractivity contribution is 5.92. The summed E-state index contributed by atoms with van der Waals surface area (Å²) in [5, 5.41) is 2.90. The zero-order valence-corrected chi connectivity index (χ0v) is 15.6. The van der Waals surface area contributed by atoms with Crippen LogP contribution in [0.3, 0.4) is 0 Å². The number of methoxy groups -OCH3 is 1. The van der Waals surface area contributed by atoms with Crippen molar-refractivity contribution in [2.75, 3.05) is 33.4 Å². The first-order chi connectivity index (χ1) is 12.1. The van der Waals surface area contributed by atoms with Gasteiger partial charge in [0.1, 0.15) is 5.69 Å². The SMILES string of the molecule is CCCCCNC(=O)CCN(CCCOC)C(=O)c1cnc(C)cn1. The lowest BCUT2D eigenvalue weighted by molar-refractivity contribution is -0.121. The van der Waals surface area contributed by atoms with Gasteiger partial charge in [-0.25, -0.2) is 4.98 Å². The summed E-state index contributed by atoms with van der Waals surface area (Å²) in [6, 6.07) is 0. The molecule has 1 aromatic heterocycles. The van der Waals surface area contributed by atoms with Crippen molar-refractivity contribution in [3.8, 4) is 0 Å².